The van der Waals surface area contributed by atoms with Crippen LogP contribution in [-0.2, 0) is 15.0 Å². The zero-order valence-electron chi connectivity index (χ0n) is 17.4. The van der Waals surface area contributed by atoms with Gasteiger partial charge in [-0.05, 0) is 62.6 Å². The number of piperidine rings is 2. The van der Waals surface area contributed by atoms with Crippen LogP contribution >= 0.6 is 11.6 Å². The molecule has 158 valence electrons. The van der Waals surface area contributed by atoms with E-state index < -0.39 is 5.41 Å². The smallest absolute Gasteiger partial charge is 0.233 e. The van der Waals surface area contributed by atoms with Gasteiger partial charge in [-0.2, -0.15) is 0 Å². The Morgan fingerprint density at radius 2 is 1.52 bits per heavy atom. The average Bonchev–Trinajstić information content (AvgIpc) is 2.79. The Labute approximate surface area is 179 Å². The van der Waals surface area contributed by atoms with Crippen LogP contribution in [0.2, 0.25) is 5.02 Å². The lowest BCUT2D eigenvalue weighted by Gasteiger charge is -2.43. The monoisotopic (exact) mass is 416 g/mol. The first-order chi connectivity index (χ1) is 14.1. The fourth-order valence-electron chi connectivity index (χ4n) is 5.57. The molecule has 29 heavy (non-hydrogen) atoms. The van der Waals surface area contributed by atoms with Gasteiger partial charge in [0.1, 0.15) is 0 Å². The van der Waals surface area contributed by atoms with Gasteiger partial charge >= 0.3 is 0 Å². The largest absolute Gasteiger partial charge is 0.342 e. The molecule has 0 atom stereocenters. The highest BCUT2D eigenvalue weighted by Crippen LogP contribution is 2.42. The van der Waals surface area contributed by atoms with Gasteiger partial charge in [-0.1, -0.05) is 43.0 Å². The molecule has 2 amide bonds. The van der Waals surface area contributed by atoms with Crippen molar-refractivity contribution in [2.75, 3.05) is 26.2 Å². The summed E-state index contributed by atoms with van der Waals surface area (Å²) in [4.78, 5) is 30.7. The number of rotatable bonds is 3. The molecule has 1 aromatic rings. The summed E-state index contributed by atoms with van der Waals surface area (Å²) in [6.45, 7) is 3.22. The summed E-state index contributed by atoms with van der Waals surface area (Å²) in [5.41, 5.74) is 0.633. The average molecular weight is 417 g/mol. The van der Waals surface area contributed by atoms with E-state index >= 15 is 0 Å². The highest BCUT2D eigenvalue weighted by Gasteiger charge is 2.44. The standard InChI is InChI=1S/C24H33ClN2O2/c25-21-9-7-8-20(18-21)24(12-3-1-4-13-24)23(29)27-16-10-19(11-17-27)22(28)26-14-5-2-6-15-26/h7-9,18-19H,1-6,10-17H2. The van der Waals surface area contributed by atoms with Crippen molar-refractivity contribution < 1.29 is 9.59 Å². The molecular weight excluding hydrogens is 384 g/mol. The lowest BCUT2D eigenvalue weighted by molar-refractivity contribution is -0.145. The van der Waals surface area contributed by atoms with Crippen molar-refractivity contribution in [3.8, 4) is 0 Å². The molecular formula is C24H33ClN2O2. The van der Waals surface area contributed by atoms with Crippen LogP contribution in [0.4, 0.5) is 0 Å². The first-order valence-electron chi connectivity index (χ1n) is 11.4. The van der Waals surface area contributed by atoms with Crippen LogP contribution in [0.25, 0.3) is 0 Å². The van der Waals surface area contributed by atoms with E-state index in [4.69, 9.17) is 11.6 Å². The maximum Gasteiger partial charge on any atom is 0.233 e. The Morgan fingerprint density at radius 1 is 0.862 bits per heavy atom. The molecule has 0 bridgehead atoms. The number of carbonyl (C=O) groups is 2. The van der Waals surface area contributed by atoms with Gasteiger partial charge in [0.15, 0.2) is 0 Å². The third-order valence-corrected chi connectivity index (χ3v) is 7.53. The molecule has 2 saturated heterocycles. The van der Waals surface area contributed by atoms with E-state index in [1.165, 1.54) is 12.8 Å². The lowest BCUT2D eigenvalue weighted by atomic mass is 9.68. The summed E-state index contributed by atoms with van der Waals surface area (Å²) in [6.07, 6.45) is 10.3. The molecule has 3 fully saturated rings. The third kappa shape index (κ3) is 4.33. The molecule has 0 spiro atoms. The van der Waals surface area contributed by atoms with Gasteiger partial charge in [0.25, 0.3) is 0 Å². The molecule has 1 aliphatic carbocycles. The Balaban J connectivity index is 1.45. The van der Waals surface area contributed by atoms with Gasteiger partial charge in [-0.15, -0.1) is 0 Å². The molecule has 4 nitrogen and oxygen atoms in total. The Bertz CT molecular complexity index is 730. The second-order valence-corrected chi connectivity index (χ2v) is 9.54. The Morgan fingerprint density at radius 3 is 2.17 bits per heavy atom. The second-order valence-electron chi connectivity index (χ2n) is 9.11. The minimum absolute atomic E-state index is 0.0885. The van der Waals surface area contributed by atoms with Crippen molar-refractivity contribution in [1.82, 2.24) is 9.80 Å². The van der Waals surface area contributed by atoms with Gasteiger partial charge < -0.3 is 9.80 Å². The minimum Gasteiger partial charge on any atom is -0.342 e. The summed E-state index contributed by atoms with van der Waals surface area (Å²) in [6, 6.07) is 7.90. The zero-order chi connectivity index (χ0) is 20.3. The van der Waals surface area contributed by atoms with E-state index in [0.29, 0.717) is 24.0 Å². The predicted octanol–water partition coefficient (Wildman–Crippen LogP) is 4.79. The minimum atomic E-state index is -0.438. The SMILES string of the molecule is O=C(C1CCN(C(=O)C2(c3cccc(Cl)c3)CCCCC2)CC1)N1CCCCC1. The van der Waals surface area contributed by atoms with Crippen LogP contribution in [0.1, 0.15) is 69.8 Å². The quantitative estimate of drug-likeness (QED) is 0.710. The van der Waals surface area contributed by atoms with E-state index in [0.717, 1.165) is 70.0 Å². The van der Waals surface area contributed by atoms with Crippen molar-refractivity contribution >= 4 is 23.4 Å². The van der Waals surface area contributed by atoms with E-state index in [1.807, 2.05) is 23.1 Å². The molecule has 4 rings (SSSR count). The number of hydrogen-bond donors (Lipinski definition) is 0. The number of amides is 2. The summed E-state index contributed by atoms with van der Waals surface area (Å²) in [5.74, 6) is 0.660. The van der Waals surface area contributed by atoms with E-state index in [-0.39, 0.29) is 11.8 Å². The molecule has 2 heterocycles. The normalized spacial score (nSPS) is 23.1. The second kappa shape index (κ2) is 9.07. The van der Waals surface area contributed by atoms with Gasteiger partial charge in [-0.3, -0.25) is 9.59 Å². The molecule has 0 N–H and O–H groups in total. The Kier molecular flexibility index (Phi) is 6.48. The molecule has 2 aliphatic heterocycles. The van der Waals surface area contributed by atoms with Gasteiger partial charge in [0.05, 0.1) is 5.41 Å². The number of likely N-dealkylation sites (tertiary alicyclic amines) is 2. The number of hydrogen-bond acceptors (Lipinski definition) is 2. The summed E-state index contributed by atoms with van der Waals surface area (Å²) < 4.78 is 0. The number of carbonyl (C=O) groups excluding carboxylic acids is 2. The van der Waals surface area contributed by atoms with Crippen molar-refractivity contribution in [2.45, 2.75) is 69.6 Å². The first kappa shape index (κ1) is 20.7. The predicted molar refractivity (Wildman–Crippen MR) is 116 cm³/mol. The molecule has 1 saturated carbocycles. The first-order valence-corrected chi connectivity index (χ1v) is 11.8. The van der Waals surface area contributed by atoms with Crippen LogP contribution in [0.5, 0.6) is 0 Å². The summed E-state index contributed by atoms with van der Waals surface area (Å²) in [7, 11) is 0. The fourth-order valence-corrected chi connectivity index (χ4v) is 5.76. The number of benzene rings is 1. The van der Waals surface area contributed by atoms with Crippen LogP contribution in [0.15, 0.2) is 24.3 Å². The van der Waals surface area contributed by atoms with E-state index in [1.54, 1.807) is 0 Å². The molecule has 1 aromatic carbocycles. The molecule has 0 aromatic heterocycles. The maximum absolute atomic E-state index is 13.8. The zero-order valence-corrected chi connectivity index (χ0v) is 18.1. The summed E-state index contributed by atoms with van der Waals surface area (Å²) in [5, 5.41) is 0.700. The number of halogens is 1. The van der Waals surface area contributed by atoms with Gasteiger partial charge in [0.2, 0.25) is 11.8 Å². The summed E-state index contributed by atoms with van der Waals surface area (Å²) >= 11 is 6.28. The van der Waals surface area contributed by atoms with Crippen LogP contribution in [0.3, 0.4) is 0 Å². The molecule has 5 heteroatoms. The fraction of sp³-hybridized carbons (Fsp3) is 0.667. The lowest BCUT2D eigenvalue weighted by Crippen LogP contribution is -2.52. The maximum atomic E-state index is 13.8. The highest BCUT2D eigenvalue weighted by molar-refractivity contribution is 6.30. The Hall–Kier alpha value is -1.55. The van der Waals surface area contributed by atoms with Crippen LogP contribution < -0.4 is 0 Å². The van der Waals surface area contributed by atoms with E-state index in [2.05, 4.69) is 11.0 Å². The van der Waals surface area contributed by atoms with Gasteiger partial charge in [-0.25, -0.2) is 0 Å². The molecule has 0 radical (unpaired) electrons. The van der Waals surface area contributed by atoms with Crippen LogP contribution in [-0.4, -0.2) is 47.8 Å². The topological polar surface area (TPSA) is 40.6 Å². The van der Waals surface area contributed by atoms with Gasteiger partial charge in [0, 0.05) is 37.1 Å². The van der Waals surface area contributed by atoms with Crippen molar-refractivity contribution in [2.24, 2.45) is 5.92 Å². The third-order valence-electron chi connectivity index (χ3n) is 7.29. The van der Waals surface area contributed by atoms with Crippen molar-refractivity contribution in [3.63, 3.8) is 0 Å². The molecule has 0 unspecified atom stereocenters. The number of nitrogens with zero attached hydrogens (tertiary/aromatic N) is 2. The highest BCUT2D eigenvalue weighted by atomic mass is 35.5. The van der Waals surface area contributed by atoms with Crippen molar-refractivity contribution in [1.29, 1.82) is 0 Å². The molecule has 3 aliphatic rings. The van der Waals surface area contributed by atoms with E-state index in [9.17, 15) is 9.59 Å². The van der Waals surface area contributed by atoms with Crippen molar-refractivity contribution in [3.05, 3.63) is 34.9 Å². The van der Waals surface area contributed by atoms with Crippen LogP contribution in [0, 0.1) is 5.92 Å².